The van der Waals surface area contributed by atoms with Gasteiger partial charge in [-0.3, -0.25) is 14.4 Å². The highest BCUT2D eigenvalue weighted by Gasteiger charge is 2.34. The van der Waals surface area contributed by atoms with Gasteiger partial charge in [-0.25, -0.2) is 0 Å². The molecular weight excluding hydrogens is 522 g/mol. The third-order valence-corrected chi connectivity index (χ3v) is 7.13. The first-order chi connectivity index (χ1) is 19.8. The predicted octanol–water partition coefficient (Wildman–Crippen LogP) is 5.93. The van der Waals surface area contributed by atoms with Gasteiger partial charge in [0.25, 0.3) is 0 Å². The highest BCUT2D eigenvalue weighted by atomic mass is 16.6. The first-order valence-electron chi connectivity index (χ1n) is 13.7. The number of aryl methyl sites for hydroxylation is 1. The van der Waals surface area contributed by atoms with Gasteiger partial charge in [-0.05, 0) is 48.4 Å². The Bertz CT molecular complexity index is 1540. The lowest BCUT2D eigenvalue weighted by Gasteiger charge is -2.35. The van der Waals surface area contributed by atoms with Crippen LogP contribution in [0.4, 0.5) is 0 Å². The van der Waals surface area contributed by atoms with Crippen molar-refractivity contribution in [3.63, 3.8) is 0 Å². The number of ether oxygens (including phenoxy) is 4. The third kappa shape index (κ3) is 6.66. The lowest BCUT2D eigenvalue weighted by Crippen LogP contribution is -2.38. The van der Waals surface area contributed by atoms with Crippen molar-refractivity contribution in [1.82, 2.24) is 4.57 Å². The number of benzene rings is 3. The highest BCUT2D eigenvalue weighted by molar-refractivity contribution is 6.17. The number of rotatable bonds is 9. The number of fused-ring (bicyclic) bond motifs is 1. The van der Waals surface area contributed by atoms with Crippen molar-refractivity contribution in [3.05, 3.63) is 101 Å². The molecule has 1 aliphatic rings. The molecule has 0 spiro atoms. The lowest BCUT2D eigenvalue weighted by molar-refractivity contribution is -0.178. The van der Waals surface area contributed by atoms with E-state index in [0.29, 0.717) is 36.3 Å². The summed E-state index contributed by atoms with van der Waals surface area (Å²) in [5.41, 5.74) is 3.93. The molecule has 5 rings (SSSR count). The zero-order valence-corrected chi connectivity index (χ0v) is 23.4. The normalized spacial score (nSPS) is 18.6. The van der Waals surface area contributed by atoms with Gasteiger partial charge >= 0.3 is 11.9 Å². The molecule has 3 atom stereocenters. The molecule has 3 unspecified atom stereocenters. The quantitative estimate of drug-likeness (QED) is 0.187. The summed E-state index contributed by atoms with van der Waals surface area (Å²) in [6.45, 7) is 5.17. The Morgan fingerprint density at radius 1 is 0.902 bits per heavy atom. The minimum atomic E-state index is -0.534. The molecule has 1 fully saturated rings. The van der Waals surface area contributed by atoms with E-state index in [-0.39, 0.29) is 18.4 Å². The Hall–Kier alpha value is -4.43. The zero-order valence-electron chi connectivity index (χ0n) is 23.4. The molecule has 0 aliphatic carbocycles. The highest BCUT2D eigenvalue weighted by Crippen LogP contribution is 2.36. The van der Waals surface area contributed by atoms with Crippen LogP contribution in [0.2, 0.25) is 0 Å². The molecule has 0 radical (unpaired) electrons. The largest absolute Gasteiger partial charge is 0.489 e. The first-order valence-corrected chi connectivity index (χ1v) is 13.7. The summed E-state index contributed by atoms with van der Waals surface area (Å²) in [5.74, 6) is -0.246. The molecule has 3 aromatic carbocycles. The fraction of sp³-hybridized carbons (Fsp3) is 0.303. The topological polar surface area (TPSA) is 93.1 Å². The van der Waals surface area contributed by atoms with Gasteiger partial charge in [-0.15, -0.1) is 0 Å². The number of ketones is 1. The van der Waals surface area contributed by atoms with Gasteiger partial charge in [-0.1, -0.05) is 42.5 Å². The Kier molecular flexibility index (Phi) is 8.50. The molecule has 212 valence electrons. The minimum Gasteiger partial charge on any atom is -0.489 e. The van der Waals surface area contributed by atoms with Crippen molar-refractivity contribution in [1.29, 1.82) is 0 Å². The van der Waals surface area contributed by atoms with Gasteiger partial charge in [0, 0.05) is 49.4 Å². The van der Waals surface area contributed by atoms with Crippen LogP contribution in [-0.2, 0) is 30.4 Å². The smallest absolute Gasteiger partial charge is 0.302 e. The second-order valence-corrected chi connectivity index (χ2v) is 10.3. The van der Waals surface area contributed by atoms with Crippen LogP contribution in [0.1, 0.15) is 60.0 Å². The van der Waals surface area contributed by atoms with E-state index in [1.165, 1.54) is 13.8 Å². The van der Waals surface area contributed by atoms with Crippen LogP contribution >= 0.6 is 0 Å². The molecule has 2 heterocycles. The maximum absolute atomic E-state index is 13.8. The van der Waals surface area contributed by atoms with Crippen LogP contribution in [0, 0.1) is 6.92 Å². The number of aromatic nitrogens is 1. The predicted molar refractivity (Wildman–Crippen MR) is 153 cm³/mol. The Labute approximate surface area is 238 Å². The van der Waals surface area contributed by atoms with Crippen LogP contribution in [0.3, 0.4) is 0 Å². The molecule has 1 aromatic heterocycles. The van der Waals surface area contributed by atoms with E-state index in [1.54, 1.807) is 24.3 Å². The molecule has 41 heavy (non-hydrogen) atoms. The van der Waals surface area contributed by atoms with Crippen LogP contribution in [0.5, 0.6) is 5.75 Å². The van der Waals surface area contributed by atoms with Crippen molar-refractivity contribution in [2.24, 2.45) is 0 Å². The van der Waals surface area contributed by atoms with Gasteiger partial charge in [0.15, 0.2) is 5.78 Å². The van der Waals surface area contributed by atoms with Gasteiger partial charge in [0.1, 0.15) is 31.3 Å². The number of esters is 2. The van der Waals surface area contributed by atoms with Crippen molar-refractivity contribution in [3.8, 4) is 5.75 Å². The third-order valence-electron chi connectivity index (χ3n) is 7.13. The zero-order chi connectivity index (χ0) is 28.9. The average molecular weight is 556 g/mol. The number of hydrogen-bond donors (Lipinski definition) is 0. The van der Waals surface area contributed by atoms with E-state index in [9.17, 15) is 14.4 Å². The molecule has 1 saturated heterocycles. The summed E-state index contributed by atoms with van der Waals surface area (Å²) >= 11 is 0. The summed E-state index contributed by atoms with van der Waals surface area (Å²) in [5, 5.41) is 0.830. The Morgan fingerprint density at radius 3 is 2.37 bits per heavy atom. The summed E-state index contributed by atoms with van der Waals surface area (Å²) in [4.78, 5) is 37.0. The second-order valence-electron chi connectivity index (χ2n) is 10.3. The van der Waals surface area contributed by atoms with E-state index < -0.39 is 24.4 Å². The van der Waals surface area contributed by atoms with E-state index in [2.05, 4.69) is 0 Å². The molecule has 0 amide bonds. The number of hydrogen-bond acceptors (Lipinski definition) is 7. The maximum Gasteiger partial charge on any atom is 0.302 e. The molecule has 8 nitrogen and oxygen atoms in total. The van der Waals surface area contributed by atoms with Crippen molar-refractivity contribution in [2.75, 3.05) is 6.61 Å². The molecule has 0 bridgehead atoms. The molecule has 4 aromatic rings. The van der Waals surface area contributed by atoms with Gasteiger partial charge in [-0.2, -0.15) is 0 Å². The summed E-state index contributed by atoms with van der Waals surface area (Å²) < 4.78 is 24.9. The van der Waals surface area contributed by atoms with Crippen LogP contribution in [0.25, 0.3) is 10.9 Å². The van der Waals surface area contributed by atoms with Crippen LogP contribution in [0.15, 0.2) is 79.0 Å². The van der Waals surface area contributed by atoms with Crippen molar-refractivity contribution >= 4 is 28.6 Å². The van der Waals surface area contributed by atoms with E-state index in [1.807, 2.05) is 66.2 Å². The molecule has 1 aliphatic heterocycles. The summed E-state index contributed by atoms with van der Waals surface area (Å²) in [6, 6.07) is 22.9. The Morgan fingerprint density at radius 2 is 1.66 bits per heavy atom. The van der Waals surface area contributed by atoms with Crippen LogP contribution < -0.4 is 4.74 Å². The van der Waals surface area contributed by atoms with Gasteiger partial charge in [0.05, 0.1) is 11.6 Å². The maximum atomic E-state index is 13.8. The first kappa shape index (κ1) is 28.1. The molecule has 0 saturated carbocycles. The van der Waals surface area contributed by atoms with E-state index >= 15 is 0 Å². The number of carbonyl (C=O) groups excluding carboxylic acids is 3. The summed E-state index contributed by atoms with van der Waals surface area (Å²) in [6.07, 6.45) is 1.20. The lowest BCUT2D eigenvalue weighted by atomic mass is 10.00. The number of nitrogens with zero attached hydrogens (tertiary/aromatic N) is 1. The van der Waals surface area contributed by atoms with Crippen molar-refractivity contribution in [2.45, 2.75) is 58.7 Å². The fourth-order valence-electron chi connectivity index (χ4n) is 5.28. The minimum absolute atomic E-state index is 0.0479. The van der Waals surface area contributed by atoms with Crippen LogP contribution in [-0.4, -0.2) is 41.1 Å². The van der Waals surface area contributed by atoms with Crippen molar-refractivity contribution < 1.29 is 33.3 Å². The molecular formula is C33H33NO7. The number of carbonyl (C=O) groups is 3. The standard InChI is InChI=1S/C33H33NO7/c1-21-8-7-11-30-32(21)29(33(37)25-12-14-26(15-13-25)39-19-24-9-5-4-6-10-24)18-34(30)31-17-27(40-23(3)36)16-28(41-31)20-38-22(2)35/h4-15,18,27-28,31H,16-17,19-20H2,1-3H3. The van der Waals surface area contributed by atoms with E-state index in [0.717, 1.165) is 22.0 Å². The molecule has 0 N–H and O–H groups in total. The van der Waals surface area contributed by atoms with E-state index in [4.69, 9.17) is 18.9 Å². The molecule has 8 heteroatoms. The fourth-order valence-corrected chi connectivity index (χ4v) is 5.28. The second kappa shape index (κ2) is 12.4. The van der Waals surface area contributed by atoms with Gasteiger partial charge in [0.2, 0.25) is 0 Å². The Balaban J connectivity index is 1.42. The summed E-state index contributed by atoms with van der Waals surface area (Å²) in [7, 11) is 0. The monoisotopic (exact) mass is 555 g/mol. The SMILES string of the molecule is CC(=O)OCC1CC(OC(C)=O)CC(n2cc(C(=O)c3ccc(OCc4ccccc4)cc3)c3c(C)cccc32)O1. The van der Waals surface area contributed by atoms with Gasteiger partial charge < -0.3 is 23.5 Å². The average Bonchev–Trinajstić information content (AvgIpc) is 3.36.